The van der Waals surface area contributed by atoms with E-state index < -0.39 is 0 Å². The van der Waals surface area contributed by atoms with Crippen molar-refractivity contribution < 1.29 is 0 Å². The summed E-state index contributed by atoms with van der Waals surface area (Å²) >= 11 is 0. The minimum atomic E-state index is -0.201. The maximum Gasteiger partial charge on any atom is 0.354 e. The molecule has 0 amide bonds. The number of rotatable bonds is 4. The first-order valence-corrected chi connectivity index (χ1v) is 13.3. The van der Waals surface area contributed by atoms with Crippen LogP contribution in [0.5, 0.6) is 0 Å². The molecule has 2 aromatic heterocycles. The molecule has 8 nitrogen and oxygen atoms in total. The van der Waals surface area contributed by atoms with Crippen molar-refractivity contribution >= 4 is 22.4 Å². The molecule has 2 aromatic carbocycles. The second-order valence-corrected chi connectivity index (χ2v) is 10.7. The highest BCUT2D eigenvalue weighted by Gasteiger charge is 2.33. The lowest BCUT2D eigenvalue weighted by Gasteiger charge is -2.41. The topological polar surface area (TPSA) is 82.1 Å². The van der Waals surface area contributed by atoms with Crippen molar-refractivity contribution in [1.82, 2.24) is 25.1 Å². The van der Waals surface area contributed by atoms with Gasteiger partial charge in [-0.1, -0.05) is 38.1 Å². The van der Waals surface area contributed by atoms with Crippen molar-refractivity contribution in [1.29, 1.82) is 0 Å². The SMILES string of the molecule is Cc1ccc2[nH]ncc2c1N1Cc2c(c(N3CCNCC3)nc(=O)n2-c2ccccc2C(C)C)CC1C. The van der Waals surface area contributed by atoms with Gasteiger partial charge in [0.25, 0.3) is 0 Å². The van der Waals surface area contributed by atoms with Crippen LogP contribution in [0.25, 0.3) is 16.6 Å². The fourth-order valence-electron chi connectivity index (χ4n) is 6.04. The third kappa shape index (κ3) is 4.00. The van der Waals surface area contributed by atoms with E-state index >= 15 is 0 Å². The Morgan fingerprint density at radius 1 is 1.08 bits per heavy atom. The Hall–Kier alpha value is -3.65. The summed E-state index contributed by atoms with van der Waals surface area (Å²) in [4.78, 5) is 23.4. The van der Waals surface area contributed by atoms with Crippen LogP contribution in [0.2, 0.25) is 0 Å². The number of nitrogens with one attached hydrogen (secondary N) is 2. The number of aromatic nitrogens is 4. The number of benzene rings is 2. The summed E-state index contributed by atoms with van der Waals surface area (Å²) in [6.45, 7) is 12.9. The molecule has 1 atom stereocenters. The summed E-state index contributed by atoms with van der Waals surface area (Å²) in [5.41, 5.74) is 7.54. The van der Waals surface area contributed by atoms with Crippen molar-refractivity contribution in [3.8, 4) is 5.69 Å². The molecule has 2 N–H and O–H groups in total. The normalized spacial score (nSPS) is 18.0. The first-order chi connectivity index (χ1) is 17.9. The van der Waals surface area contributed by atoms with Crippen LogP contribution in [-0.2, 0) is 13.0 Å². The van der Waals surface area contributed by atoms with Crippen LogP contribution < -0.4 is 20.8 Å². The molecule has 1 saturated heterocycles. The maximum absolute atomic E-state index is 13.9. The molecule has 4 heterocycles. The molecule has 6 rings (SSSR count). The molecular formula is C29H35N7O. The number of hydrogen-bond acceptors (Lipinski definition) is 6. The van der Waals surface area contributed by atoms with Gasteiger partial charge in [-0.15, -0.1) is 0 Å². The predicted molar refractivity (Wildman–Crippen MR) is 149 cm³/mol. The molecule has 2 aliphatic heterocycles. The lowest BCUT2D eigenvalue weighted by atomic mass is 9.94. The average Bonchev–Trinajstić information content (AvgIpc) is 3.38. The van der Waals surface area contributed by atoms with Gasteiger partial charge in [-0.25, -0.2) is 4.79 Å². The minimum Gasteiger partial charge on any atom is -0.362 e. The minimum absolute atomic E-state index is 0.201. The van der Waals surface area contributed by atoms with Crippen LogP contribution in [0, 0.1) is 6.92 Å². The van der Waals surface area contributed by atoms with Crippen LogP contribution >= 0.6 is 0 Å². The van der Waals surface area contributed by atoms with Gasteiger partial charge in [0.15, 0.2) is 0 Å². The highest BCUT2D eigenvalue weighted by Crippen LogP contribution is 2.38. The number of aromatic amines is 1. The quantitative estimate of drug-likeness (QED) is 0.445. The lowest BCUT2D eigenvalue weighted by molar-refractivity contribution is 0.547. The van der Waals surface area contributed by atoms with E-state index in [4.69, 9.17) is 4.98 Å². The van der Waals surface area contributed by atoms with Crippen molar-refractivity contribution in [3.63, 3.8) is 0 Å². The number of fused-ring (bicyclic) bond motifs is 2. The number of anilines is 2. The zero-order valence-corrected chi connectivity index (χ0v) is 22.1. The standard InChI is InChI=1S/C29H35N7O/c1-18(2)21-7-5-6-8-25(21)36-26-17-35(27-19(3)9-10-24-23(27)16-31-33-24)20(4)15-22(26)28(32-29(36)37)34-13-11-30-12-14-34/h5-10,16,18,20,30H,11-15,17H2,1-4H3,(H,31,33). The average molecular weight is 498 g/mol. The van der Waals surface area contributed by atoms with Gasteiger partial charge in [-0.05, 0) is 49.4 Å². The van der Waals surface area contributed by atoms with E-state index in [1.54, 1.807) is 0 Å². The number of para-hydroxylation sites is 1. The van der Waals surface area contributed by atoms with Crippen molar-refractivity contribution in [2.75, 3.05) is 36.0 Å². The molecule has 0 radical (unpaired) electrons. The van der Waals surface area contributed by atoms with Crippen molar-refractivity contribution in [3.05, 3.63) is 75.5 Å². The fourth-order valence-corrected chi connectivity index (χ4v) is 6.04. The van der Waals surface area contributed by atoms with Gasteiger partial charge < -0.3 is 15.1 Å². The number of aryl methyl sites for hydroxylation is 1. The van der Waals surface area contributed by atoms with E-state index in [1.807, 2.05) is 16.8 Å². The van der Waals surface area contributed by atoms with E-state index in [0.29, 0.717) is 6.54 Å². The highest BCUT2D eigenvalue weighted by molar-refractivity contribution is 5.93. The summed E-state index contributed by atoms with van der Waals surface area (Å²) in [6, 6.07) is 12.7. The first-order valence-electron chi connectivity index (χ1n) is 13.3. The molecule has 0 saturated carbocycles. The van der Waals surface area contributed by atoms with Gasteiger partial charge >= 0.3 is 5.69 Å². The van der Waals surface area contributed by atoms with Crippen molar-refractivity contribution in [2.24, 2.45) is 0 Å². The Balaban J connectivity index is 1.58. The molecule has 0 spiro atoms. The van der Waals surface area contributed by atoms with Gasteiger partial charge in [0.05, 0.1) is 35.3 Å². The van der Waals surface area contributed by atoms with E-state index in [2.05, 4.69) is 83.3 Å². The Morgan fingerprint density at radius 2 is 1.86 bits per heavy atom. The maximum atomic E-state index is 13.9. The molecule has 1 unspecified atom stereocenters. The third-order valence-corrected chi connectivity index (χ3v) is 7.93. The van der Waals surface area contributed by atoms with Crippen molar-refractivity contribution in [2.45, 2.75) is 52.6 Å². The smallest absolute Gasteiger partial charge is 0.354 e. The summed E-state index contributed by atoms with van der Waals surface area (Å²) in [5.74, 6) is 1.15. The Morgan fingerprint density at radius 3 is 2.65 bits per heavy atom. The van der Waals surface area contributed by atoms with Gasteiger partial charge in [0, 0.05) is 43.2 Å². The first kappa shape index (κ1) is 23.7. The molecule has 8 heteroatoms. The van der Waals surface area contributed by atoms with Gasteiger partial charge in [0.2, 0.25) is 0 Å². The Labute approximate surface area is 217 Å². The number of hydrogen-bond donors (Lipinski definition) is 2. The number of piperazine rings is 1. The predicted octanol–water partition coefficient (Wildman–Crippen LogP) is 3.90. The summed E-state index contributed by atoms with van der Waals surface area (Å²) in [7, 11) is 0. The Bertz CT molecular complexity index is 1510. The van der Waals surface area contributed by atoms with E-state index in [9.17, 15) is 4.79 Å². The molecule has 192 valence electrons. The highest BCUT2D eigenvalue weighted by atomic mass is 16.1. The Kier molecular flexibility index (Phi) is 5.99. The third-order valence-electron chi connectivity index (χ3n) is 7.93. The van der Waals surface area contributed by atoms with Gasteiger partial charge in [0.1, 0.15) is 5.82 Å². The summed E-state index contributed by atoms with van der Waals surface area (Å²) in [6.07, 6.45) is 2.74. The zero-order chi connectivity index (χ0) is 25.7. The lowest BCUT2D eigenvalue weighted by Crippen LogP contribution is -2.48. The van der Waals surface area contributed by atoms with E-state index in [1.165, 1.54) is 16.8 Å². The van der Waals surface area contributed by atoms with E-state index in [-0.39, 0.29) is 17.6 Å². The van der Waals surface area contributed by atoms with Gasteiger partial charge in [-0.2, -0.15) is 10.1 Å². The molecule has 1 fully saturated rings. The van der Waals surface area contributed by atoms with Crippen LogP contribution in [0.1, 0.15) is 49.1 Å². The van der Waals surface area contributed by atoms with Crippen LogP contribution in [-0.4, -0.2) is 52.0 Å². The molecule has 0 bridgehead atoms. The van der Waals surface area contributed by atoms with Gasteiger partial charge in [-0.3, -0.25) is 9.67 Å². The number of nitrogens with zero attached hydrogens (tertiary/aromatic N) is 5. The molecule has 2 aliphatic rings. The molecule has 0 aliphatic carbocycles. The van der Waals surface area contributed by atoms with Crippen LogP contribution in [0.4, 0.5) is 11.5 Å². The summed E-state index contributed by atoms with van der Waals surface area (Å²) in [5, 5.41) is 12.0. The van der Waals surface area contributed by atoms with Crippen LogP contribution in [0.3, 0.4) is 0 Å². The second kappa shape index (κ2) is 9.34. The van der Waals surface area contributed by atoms with E-state index in [0.717, 1.165) is 66.3 Å². The van der Waals surface area contributed by atoms with Crippen LogP contribution in [0.15, 0.2) is 47.4 Å². The largest absolute Gasteiger partial charge is 0.362 e. The summed E-state index contributed by atoms with van der Waals surface area (Å²) < 4.78 is 1.89. The second-order valence-electron chi connectivity index (χ2n) is 10.7. The molecule has 37 heavy (non-hydrogen) atoms. The fraction of sp³-hybridized carbons (Fsp3) is 0.414. The number of H-pyrrole nitrogens is 1. The zero-order valence-electron chi connectivity index (χ0n) is 22.1. The molecule has 4 aromatic rings. The molecular weight excluding hydrogens is 462 g/mol. The monoisotopic (exact) mass is 497 g/mol.